The largest absolute Gasteiger partial charge is 0.478 e. The van der Waals surface area contributed by atoms with Crippen LogP contribution in [0.4, 0.5) is 27.6 Å². The van der Waals surface area contributed by atoms with Crippen LogP contribution in [-0.2, 0) is 23.2 Å². The Morgan fingerprint density at radius 2 is 1.73 bits per heavy atom. The molecule has 1 atom stereocenters. The molecule has 0 radical (unpaired) electrons. The van der Waals surface area contributed by atoms with Gasteiger partial charge in [-0.3, -0.25) is 19.3 Å². The highest BCUT2D eigenvalue weighted by atomic mass is 19.3. The van der Waals surface area contributed by atoms with Gasteiger partial charge in [0.1, 0.15) is 16.9 Å². The van der Waals surface area contributed by atoms with E-state index in [1.165, 1.54) is 44.6 Å². The number of aromatic carboxylic acids is 1. The zero-order valence-electron chi connectivity index (χ0n) is 26.8. The summed E-state index contributed by atoms with van der Waals surface area (Å²) in [6, 6.07) is 8.97. The molecule has 0 spiro atoms. The van der Waals surface area contributed by atoms with Crippen molar-refractivity contribution in [3.05, 3.63) is 100 Å². The van der Waals surface area contributed by atoms with Crippen LogP contribution in [0, 0.1) is 23.4 Å². The Kier molecular flexibility index (Phi) is 10.9. The van der Waals surface area contributed by atoms with E-state index >= 15 is 0 Å². The Labute approximate surface area is 276 Å². The number of methoxy groups -OCH3 is 1. The summed E-state index contributed by atoms with van der Waals surface area (Å²) in [6.07, 6.45) is -0.302. The summed E-state index contributed by atoms with van der Waals surface area (Å²) in [7, 11) is 2.91. The molecule has 5 rings (SSSR count). The summed E-state index contributed by atoms with van der Waals surface area (Å²) in [5.41, 5.74) is -0.888. The molecule has 258 valence electrons. The fourth-order valence-corrected chi connectivity index (χ4v) is 4.74. The van der Waals surface area contributed by atoms with Gasteiger partial charge in [0.15, 0.2) is 23.3 Å². The van der Waals surface area contributed by atoms with Gasteiger partial charge in [0.2, 0.25) is 0 Å². The number of rotatable bonds is 9. The van der Waals surface area contributed by atoms with E-state index in [9.17, 15) is 41.4 Å². The van der Waals surface area contributed by atoms with E-state index in [1.807, 2.05) is 13.8 Å². The Balaban J connectivity index is 0.000000226. The molecule has 0 aliphatic carbocycles. The fraction of sp³-hybridized carbons (Fsp3) is 0.273. The molecule has 2 aromatic heterocycles. The van der Waals surface area contributed by atoms with Gasteiger partial charge in [0.25, 0.3) is 18.2 Å². The third-order valence-electron chi connectivity index (χ3n) is 7.65. The Hall–Kier alpha value is -5.51. The van der Waals surface area contributed by atoms with Crippen LogP contribution >= 0.6 is 0 Å². The van der Waals surface area contributed by atoms with E-state index in [0.29, 0.717) is 5.56 Å². The Morgan fingerprint density at radius 3 is 2.31 bits per heavy atom. The molecule has 4 aromatic rings. The fourth-order valence-electron chi connectivity index (χ4n) is 4.74. The molecule has 0 fully saturated rings. The monoisotopic (exact) mass is 686 g/mol. The summed E-state index contributed by atoms with van der Waals surface area (Å²) in [5.74, 6) is -6.47. The number of nitrogens with one attached hydrogen (secondary N) is 2. The van der Waals surface area contributed by atoms with E-state index < -0.39 is 47.0 Å². The lowest BCUT2D eigenvalue weighted by atomic mass is 9.89. The molecular weight excluding hydrogens is 655 g/mol. The number of hydrogen-bond acceptors (Lipinski definition) is 7. The quantitative estimate of drug-likeness (QED) is 0.147. The number of ether oxygens (including phenoxy) is 1. The smallest absolute Gasteiger partial charge is 0.338 e. The van der Waals surface area contributed by atoms with E-state index in [1.54, 1.807) is 13.0 Å². The number of benzene rings is 2. The highest BCUT2D eigenvalue weighted by Crippen LogP contribution is 2.31. The van der Waals surface area contributed by atoms with Gasteiger partial charge in [-0.2, -0.15) is 5.10 Å². The number of alkyl halides is 2. The second-order valence-electron chi connectivity index (χ2n) is 11.4. The number of carboxylic acid groups (broad SMARTS) is 1. The number of amides is 2. The number of anilines is 1. The van der Waals surface area contributed by atoms with Crippen molar-refractivity contribution in [3.8, 4) is 11.1 Å². The maximum Gasteiger partial charge on any atom is 0.338 e. The van der Waals surface area contributed by atoms with E-state index in [2.05, 4.69) is 25.7 Å². The molecule has 16 heteroatoms. The number of halogens is 5. The van der Waals surface area contributed by atoms with Gasteiger partial charge in [-0.25, -0.2) is 31.7 Å². The summed E-state index contributed by atoms with van der Waals surface area (Å²) < 4.78 is 72.4. The van der Waals surface area contributed by atoms with Crippen molar-refractivity contribution in [2.75, 3.05) is 12.4 Å². The van der Waals surface area contributed by atoms with Gasteiger partial charge in [-0.1, -0.05) is 32.0 Å². The average Bonchev–Trinajstić information content (AvgIpc) is 3.60. The summed E-state index contributed by atoms with van der Waals surface area (Å²) in [6.45, 7) is 5.76. The molecule has 11 nitrogen and oxygen atoms in total. The summed E-state index contributed by atoms with van der Waals surface area (Å²) >= 11 is 0. The summed E-state index contributed by atoms with van der Waals surface area (Å²) in [4.78, 5) is 44.6. The molecule has 2 aromatic carbocycles. The first-order valence-electron chi connectivity index (χ1n) is 14.6. The van der Waals surface area contributed by atoms with Crippen LogP contribution in [0.25, 0.3) is 11.1 Å². The number of aryl methyl sites for hydroxylation is 1. The van der Waals surface area contributed by atoms with Crippen LogP contribution in [0.15, 0.2) is 59.9 Å². The number of carbonyl (C=O) groups excluding carboxylic acids is 2. The maximum absolute atomic E-state index is 13.5. The lowest BCUT2D eigenvalue weighted by molar-refractivity contribution is -0.124. The minimum absolute atomic E-state index is 0.0124. The van der Waals surface area contributed by atoms with Crippen molar-refractivity contribution in [2.24, 2.45) is 18.0 Å². The van der Waals surface area contributed by atoms with Gasteiger partial charge in [0.05, 0.1) is 17.7 Å². The van der Waals surface area contributed by atoms with Gasteiger partial charge >= 0.3 is 5.97 Å². The van der Waals surface area contributed by atoms with Crippen molar-refractivity contribution in [1.29, 1.82) is 0 Å². The molecule has 0 saturated carbocycles. The van der Waals surface area contributed by atoms with Crippen LogP contribution in [0.1, 0.15) is 64.9 Å². The van der Waals surface area contributed by atoms with E-state index in [-0.39, 0.29) is 57.9 Å². The molecular formula is C33H31F5N6O5. The molecule has 2 amide bonds. The predicted octanol–water partition coefficient (Wildman–Crippen LogP) is 5.91. The van der Waals surface area contributed by atoms with Crippen LogP contribution in [0.2, 0.25) is 0 Å². The molecule has 1 aliphatic heterocycles. The lowest BCUT2D eigenvalue weighted by Gasteiger charge is -2.21. The van der Waals surface area contributed by atoms with Crippen molar-refractivity contribution in [3.63, 3.8) is 0 Å². The number of amidine groups is 1. The first kappa shape index (κ1) is 36.3. The lowest BCUT2D eigenvalue weighted by Crippen LogP contribution is -2.41. The van der Waals surface area contributed by atoms with Gasteiger partial charge < -0.3 is 20.5 Å². The van der Waals surface area contributed by atoms with Crippen LogP contribution < -0.4 is 10.6 Å². The first-order chi connectivity index (χ1) is 23.1. The average molecular weight is 687 g/mol. The highest BCUT2D eigenvalue weighted by Gasteiger charge is 2.43. The highest BCUT2D eigenvalue weighted by molar-refractivity contribution is 6.17. The molecule has 3 heterocycles. The van der Waals surface area contributed by atoms with E-state index in [0.717, 1.165) is 23.0 Å². The van der Waals surface area contributed by atoms with Crippen molar-refractivity contribution in [1.82, 2.24) is 20.1 Å². The number of para-hydroxylation sites is 1. The number of carbonyl (C=O) groups is 3. The molecule has 0 bridgehead atoms. The Morgan fingerprint density at radius 1 is 1.08 bits per heavy atom. The van der Waals surface area contributed by atoms with E-state index in [4.69, 9.17) is 4.74 Å². The third kappa shape index (κ3) is 7.80. The number of nitrogens with zero attached hydrogens (tertiary/aromatic N) is 4. The number of aromatic nitrogens is 3. The topological polar surface area (TPSA) is 148 Å². The second kappa shape index (κ2) is 14.7. The van der Waals surface area contributed by atoms with Gasteiger partial charge in [-0.05, 0) is 48.2 Å². The minimum atomic E-state index is -2.96. The second-order valence-corrected chi connectivity index (χ2v) is 11.4. The molecule has 3 N–H and O–H groups in total. The zero-order chi connectivity index (χ0) is 36.2. The SMILES string of the molecule is COCc1cnc(C2=NC(C)(C(C)C)C(=O)N2)c(C(=O)O)c1.Cn1cc(C(=O)Nc2ccccc2-c2cc(F)c(F)c(F)c2)c(C(F)F)n1. The molecule has 1 unspecified atom stereocenters. The number of carboxylic acids is 1. The predicted molar refractivity (Wildman–Crippen MR) is 168 cm³/mol. The van der Waals surface area contributed by atoms with Crippen molar-refractivity contribution >= 4 is 29.3 Å². The maximum atomic E-state index is 13.5. The standard InChI is InChI=1S/C18H12F5N3O.C15H19N3O4/c1-26-8-11(16(25-26)17(22)23)18(27)24-14-5-3-2-4-10(14)9-6-12(19)15(21)13(20)7-9;1-8(2)15(3)14(21)17-12(18-15)11-10(13(19)20)5-9(6-16-11)7-22-4/h2-8,17H,1H3,(H,24,27);5-6,8H,7H2,1-4H3,(H,19,20)(H,17,18,21). The number of aliphatic imine (C=N–C) groups is 1. The van der Waals surface area contributed by atoms with Crippen molar-refractivity contribution < 1.29 is 46.2 Å². The van der Waals surface area contributed by atoms with Gasteiger partial charge in [0, 0.05) is 37.8 Å². The van der Waals surface area contributed by atoms with Crippen LogP contribution in [-0.4, -0.2) is 56.1 Å². The zero-order valence-corrected chi connectivity index (χ0v) is 26.8. The van der Waals surface area contributed by atoms with Crippen LogP contribution in [0.3, 0.4) is 0 Å². The van der Waals surface area contributed by atoms with Crippen LogP contribution in [0.5, 0.6) is 0 Å². The molecule has 1 aliphatic rings. The van der Waals surface area contributed by atoms with Gasteiger partial charge in [-0.15, -0.1) is 0 Å². The van der Waals surface area contributed by atoms with Crippen molar-refractivity contribution in [2.45, 2.75) is 39.3 Å². The molecule has 49 heavy (non-hydrogen) atoms. The number of pyridine rings is 1. The molecule has 0 saturated heterocycles. The Bertz CT molecular complexity index is 1920. The third-order valence-corrected chi connectivity index (χ3v) is 7.65. The summed E-state index contributed by atoms with van der Waals surface area (Å²) in [5, 5.41) is 18.0. The first-order valence-corrected chi connectivity index (χ1v) is 14.6. The number of hydrogen-bond donors (Lipinski definition) is 3. The minimum Gasteiger partial charge on any atom is -0.478 e. The normalized spacial score (nSPS) is 15.5.